The van der Waals surface area contributed by atoms with Gasteiger partial charge in [-0.05, 0) is 18.2 Å². The molecule has 8 nitrogen and oxygen atoms in total. The quantitative estimate of drug-likeness (QED) is 0.690. The summed E-state index contributed by atoms with van der Waals surface area (Å²) in [7, 11) is -3.80. The molecule has 0 spiro atoms. The van der Waals surface area contributed by atoms with E-state index in [2.05, 4.69) is 19.9 Å². The zero-order valence-electron chi connectivity index (χ0n) is 8.99. The van der Waals surface area contributed by atoms with Crippen LogP contribution in [0.1, 0.15) is 0 Å². The highest BCUT2D eigenvalue weighted by molar-refractivity contribution is 7.92. The molecule has 0 aliphatic carbocycles. The molecule has 4 N–H and O–H groups in total. The number of nitrogens with zero attached hydrogens (tertiary/aromatic N) is 2. The van der Waals surface area contributed by atoms with Crippen molar-refractivity contribution in [1.29, 1.82) is 0 Å². The van der Waals surface area contributed by atoms with Crippen LogP contribution in [0.2, 0.25) is 0 Å². The van der Waals surface area contributed by atoms with Crippen LogP contribution in [0.5, 0.6) is 0 Å². The molecule has 2 heterocycles. The number of nitrogens with two attached hydrogens (primary N) is 1. The number of nitrogen functional groups attached to an aromatic ring is 1. The van der Waals surface area contributed by atoms with E-state index in [1.807, 2.05) is 0 Å². The molecule has 0 atom stereocenters. The second-order valence-corrected chi connectivity index (χ2v) is 5.01. The normalized spacial score (nSPS) is 11.1. The van der Waals surface area contributed by atoms with Crippen LogP contribution in [0.25, 0.3) is 0 Å². The maximum Gasteiger partial charge on any atom is 0.264 e. The molecule has 9 heteroatoms. The van der Waals surface area contributed by atoms with Crippen molar-refractivity contribution in [1.82, 2.24) is 15.2 Å². The first-order valence-electron chi connectivity index (χ1n) is 4.77. The van der Waals surface area contributed by atoms with Crippen LogP contribution in [0.3, 0.4) is 0 Å². The van der Waals surface area contributed by atoms with Gasteiger partial charge in [-0.3, -0.25) is 9.52 Å². The molecule has 0 aliphatic heterocycles. The second kappa shape index (κ2) is 4.45. The smallest absolute Gasteiger partial charge is 0.264 e. The van der Waals surface area contributed by atoms with Crippen LogP contribution in [0.15, 0.2) is 40.2 Å². The van der Waals surface area contributed by atoms with Gasteiger partial charge in [-0.25, -0.2) is 18.5 Å². The fourth-order valence-corrected chi connectivity index (χ4v) is 2.09. The maximum absolute atomic E-state index is 11.9. The van der Waals surface area contributed by atoms with Crippen molar-refractivity contribution in [2.24, 2.45) is 0 Å². The van der Waals surface area contributed by atoms with Gasteiger partial charge in [0.2, 0.25) is 0 Å². The topological polar surface area (TPSA) is 131 Å². The van der Waals surface area contributed by atoms with Gasteiger partial charge in [0.25, 0.3) is 15.6 Å². The number of hydrogen-bond acceptors (Lipinski definition) is 6. The lowest BCUT2D eigenvalue weighted by atomic mass is 10.5. The molecule has 94 valence electrons. The lowest BCUT2D eigenvalue weighted by Gasteiger charge is -2.06. The van der Waals surface area contributed by atoms with Crippen LogP contribution in [-0.4, -0.2) is 23.6 Å². The monoisotopic (exact) mass is 267 g/mol. The molecule has 18 heavy (non-hydrogen) atoms. The van der Waals surface area contributed by atoms with Crippen molar-refractivity contribution in [3.63, 3.8) is 0 Å². The SMILES string of the molecule is Nc1ccc(S(=O)(=O)Nc2ccc(=O)[nH]n2)cn1. The van der Waals surface area contributed by atoms with Gasteiger partial charge >= 0.3 is 0 Å². The molecule has 0 aliphatic rings. The molecular weight excluding hydrogens is 258 g/mol. The zero-order chi connectivity index (χ0) is 13.2. The van der Waals surface area contributed by atoms with Gasteiger partial charge in [0, 0.05) is 12.3 Å². The predicted molar refractivity (Wildman–Crippen MR) is 64.3 cm³/mol. The van der Waals surface area contributed by atoms with Gasteiger partial charge in [0.05, 0.1) is 0 Å². The van der Waals surface area contributed by atoms with Gasteiger partial charge in [0.1, 0.15) is 10.7 Å². The summed E-state index contributed by atoms with van der Waals surface area (Å²) in [5.41, 5.74) is 4.94. The predicted octanol–water partition coefficient (Wildman–Crippen LogP) is -0.452. The Kier molecular flexibility index (Phi) is 2.98. The highest BCUT2D eigenvalue weighted by Gasteiger charge is 2.15. The van der Waals surface area contributed by atoms with Crippen molar-refractivity contribution in [3.05, 3.63) is 40.8 Å². The minimum absolute atomic E-state index is 0.00595. The van der Waals surface area contributed by atoms with Crippen LogP contribution in [0.4, 0.5) is 11.6 Å². The molecule has 0 saturated heterocycles. The van der Waals surface area contributed by atoms with Crippen LogP contribution >= 0.6 is 0 Å². The van der Waals surface area contributed by atoms with Gasteiger partial charge in [0.15, 0.2) is 5.82 Å². The molecule has 2 aromatic rings. The van der Waals surface area contributed by atoms with Gasteiger partial charge in [-0.15, -0.1) is 0 Å². The van der Waals surface area contributed by atoms with E-state index in [1.165, 1.54) is 18.2 Å². The fourth-order valence-electron chi connectivity index (χ4n) is 1.15. The third kappa shape index (κ3) is 2.63. The summed E-state index contributed by atoms with van der Waals surface area (Å²) in [5.74, 6) is 0.225. The third-order valence-electron chi connectivity index (χ3n) is 1.99. The number of pyridine rings is 1. The number of sulfonamides is 1. The van der Waals surface area contributed by atoms with Crippen LogP contribution < -0.4 is 16.0 Å². The summed E-state index contributed by atoms with van der Waals surface area (Å²) in [6.45, 7) is 0. The first-order chi connectivity index (χ1) is 8.47. The molecule has 0 saturated carbocycles. The molecular formula is C9H9N5O3S. The summed E-state index contributed by atoms with van der Waals surface area (Å²) in [5, 5.41) is 5.65. The Labute approximate surface area is 102 Å². The number of rotatable bonds is 3. The Hall–Kier alpha value is -2.42. The average Bonchev–Trinajstić information content (AvgIpc) is 2.32. The number of H-pyrrole nitrogens is 1. The molecule has 0 radical (unpaired) electrons. The average molecular weight is 267 g/mol. The Morgan fingerprint density at radius 2 is 2.00 bits per heavy atom. The standard InChI is InChI=1S/C9H9N5O3S/c10-7-2-1-6(5-11-7)18(16,17)14-8-3-4-9(15)13-12-8/h1-5H,(H2,10,11)(H,12,14)(H,13,15). The van der Waals surface area contributed by atoms with E-state index in [0.717, 1.165) is 12.3 Å². The highest BCUT2D eigenvalue weighted by atomic mass is 32.2. The van der Waals surface area contributed by atoms with Crippen molar-refractivity contribution < 1.29 is 8.42 Å². The minimum Gasteiger partial charge on any atom is -0.384 e. The van der Waals surface area contributed by atoms with Crippen molar-refractivity contribution in [2.75, 3.05) is 10.5 Å². The maximum atomic E-state index is 11.9. The molecule has 0 aromatic carbocycles. The molecule has 2 rings (SSSR count). The van der Waals surface area contributed by atoms with Crippen molar-refractivity contribution >= 4 is 21.7 Å². The van der Waals surface area contributed by atoms with E-state index in [9.17, 15) is 13.2 Å². The summed E-state index contributed by atoms with van der Waals surface area (Å²) in [4.78, 5) is 14.4. The second-order valence-electron chi connectivity index (χ2n) is 3.33. The molecule has 0 amide bonds. The Morgan fingerprint density at radius 3 is 2.56 bits per heavy atom. The zero-order valence-corrected chi connectivity index (χ0v) is 9.81. The largest absolute Gasteiger partial charge is 0.384 e. The fraction of sp³-hybridized carbons (Fsp3) is 0. The van der Waals surface area contributed by atoms with E-state index in [0.29, 0.717) is 0 Å². The van der Waals surface area contributed by atoms with E-state index in [4.69, 9.17) is 5.73 Å². The number of aromatic nitrogens is 3. The van der Waals surface area contributed by atoms with E-state index in [1.54, 1.807) is 0 Å². The molecule has 0 unspecified atom stereocenters. The van der Waals surface area contributed by atoms with Gasteiger partial charge in [-0.1, -0.05) is 0 Å². The van der Waals surface area contributed by atoms with Crippen molar-refractivity contribution in [3.8, 4) is 0 Å². The Balaban J connectivity index is 2.29. The lowest BCUT2D eigenvalue weighted by molar-refractivity contribution is 0.600. The number of anilines is 2. The Morgan fingerprint density at radius 1 is 1.22 bits per heavy atom. The third-order valence-corrected chi connectivity index (χ3v) is 3.33. The summed E-state index contributed by atoms with van der Waals surface area (Å²) in [6.07, 6.45) is 1.13. The molecule has 0 fully saturated rings. The summed E-state index contributed by atoms with van der Waals surface area (Å²) < 4.78 is 25.9. The van der Waals surface area contributed by atoms with Crippen molar-refractivity contribution in [2.45, 2.75) is 4.90 Å². The number of hydrogen-bond donors (Lipinski definition) is 3. The molecule has 2 aromatic heterocycles. The first kappa shape index (κ1) is 12.0. The minimum atomic E-state index is -3.80. The van der Waals surface area contributed by atoms with Gasteiger partial charge in [-0.2, -0.15) is 5.10 Å². The summed E-state index contributed by atoms with van der Waals surface area (Å²) >= 11 is 0. The highest BCUT2D eigenvalue weighted by Crippen LogP contribution is 2.12. The number of aromatic amines is 1. The number of nitrogens with one attached hydrogen (secondary N) is 2. The van der Waals surface area contributed by atoms with Crippen LogP contribution in [-0.2, 0) is 10.0 Å². The van der Waals surface area contributed by atoms with E-state index >= 15 is 0 Å². The Bertz CT molecular complexity index is 687. The first-order valence-corrected chi connectivity index (χ1v) is 6.26. The van der Waals surface area contributed by atoms with E-state index in [-0.39, 0.29) is 16.5 Å². The van der Waals surface area contributed by atoms with Gasteiger partial charge < -0.3 is 5.73 Å². The summed E-state index contributed by atoms with van der Waals surface area (Å²) in [6, 6.07) is 5.10. The molecule has 0 bridgehead atoms. The van der Waals surface area contributed by atoms with E-state index < -0.39 is 15.6 Å². The van der Waals surface area contributed by atoms with Crippen LogP contribution in [0, 0.1) is 0 Å². The lowest BCUT2D eigenvalue weighted by Crippen LogP contribution is -2.16.